The number of aromatic nitrogens is 2. The van der Waals surface area contributed by atoms with E-state index >= 15 is 0 Å². The standard InChI is InChI=1S/C19H16N4OS/c1-13-17(25-18(22-13)16-5-3-4-10-21-16)19(24)23(2)12-15-8-6-14(11-20)7-9-15/h3-10H,12H2,1-2H3. The number of rotatable bonds is 4. The van der Waals surface area contributed by atoms with Crippen LogP contribution in [0, 0.1) is 18.3 Å². The lowest BCUT2D eigenvalue weighted by Crippen LogP contribution is -2.26. The molecular formula is C19H16N4OS. The van der Waals surface area contributed by atoms with Crippen LogP contribution in [-0.2, 0) is 6.54 Å². The number of carbonyl (C=O) groups is 1. The third-order valence-electron chi connectivity index (χ3n) is 3.72. The van der Waals surface area contributed by atoms with Crippen molar-refractivity contribution in [3.05, 3.63) is 70.4 Å². The first kappa shape index (κ1) is 16.8. The van der Waals surface area contributed by atoms with E-state index in [0.717, 1.165) is 16.3 Å². The van der Waals surface area contributed by atoms with Gasteiger partial charge in [-0.25, -0.2) is 4.98 Å². The molecule has 0 N–H and O–H groups in total. The zero-order valence-electron chi connectivity index (χ0n) is 13.9. The summed E-state index contributed by atoms with van der Waals surface area (Å²) in [6, 6.07) is 15.0. The minimum absolute atomic E-state index is 0.0680. The van der Waals surface area contributed by atoms with Gasteiger partial charge >= 0.3 is 0 Å². The van der Waals surface area contributed by atoms with E-state index in [-0.39, 0.29) is 5.91 Å². The van der Waals surface area contributed by atoms with Crippen LogP contribution in [0.2, 0.25) is 0 Å². The molecule has 1 amide bonds. The van der Waals surface area contributed by atoms with Gasteiger partial charge in [0.25, 0.3) is 5.91 Å². The molecule has 6 heteroatoms. The third kappa shape index (κ3) is 3.73. The second-order valence-corrected chi connectivity index (χ2v) is 6.62. The van der Waals surface area contributed by atoms with Gasteiger partial charge in [-0.05, 0) is 36.8 Å². The molecule has 2 heterocycles. The van der Waals surface area contributed by atoms with E-state index in [0.29, 0.717) is 22.7 Å². The predicted octanol–water partition coefficient (Wildman–Crippen LogP) is 3.66. The molecule has 0 atom stereocenters. The first-order chi connectivity index (χ1) is 12.1. The highest BCUT2D eigenvalue weighted by Gasteiger charge is 2.20. The second-order valence-electron chi connectivity index (χ2n) is 5.62. The van der Waals surface area contributed by atoms with Gasteiger partial charge in [-0.15, -0.1) is 11.3 Å². The minimum Gasteiger partial charge on any atom is -0.337 e. The molecule has 0 bridgehead atoms. The molecule has 0 radical (unpaired) electrons. The summed E-state index contributed by atoms with van der Waals surface area (Å²) in [4.78, 5) is 23.8. The zero-order valence-corrected chi connectivity index (χ0v) is 14.7. The van der Waals surface area contributed by atoms with E-state index in [4.69, 9.17) is 5.26 Å². The zero-order chi connectivity index (χ0) is 17.8. The van der Waals surface area contributed by atoms with Crippen molar-refractivity contribution in [1.29, 1.82) is 5.26 Å². The maximum Gasteiger partial charge on any atom is 0.265 e. The van der Waals surface area contributed by atoms with Gasteiger partial charge in [-0.1, -0.05) is 18.2 Å². The number of carbonyl (C=O) groups excluding carboxylic acids is 1. The Morgan fingerprint density at radius 3 is 2.64 bits per heavy atom. The number of hydrogen-bond acceptors (Lipinski definition) is 5. The molecule has 0 unspecified atom stereocenters. The van der Waals surface area contributed by atoms with Crippen LogP contribution in [0.1, 0.15) is 26.5 Å². The summed E-state index contributed by atoms with van der Waals surface area (Å²) in [5.41, 5.74) is 3.06. The SMILES string of the molecule is Cc1nc(-c2ccccn2)sc1C(=O)N(C)Cc1ccc(C#N)cc1. The maximum atomic E-state index is 12.8. The van der Waals surface area contributed by atoms with Crippen molar-refractivity contribution in [2.45, 2.75) is 13.5 Å². The third-order valence-corrected chi connectivity index (χ3v) is 4.89. The van der Waals surface area contributed by atoms with Crippen LogP contribution >= 0.6 is 11.3 Å². The lowest BCUT2D eigenvalue weighted by Gasteiger charge is -2.16. The van der Waals surface area contributed by atoms with E-state index in [1.165, 1.54) is 11.3 Å². The Hall–Kier alpha value is -3.04. The molecule has 0 aliphatic heterocycles. The summed E-state index contributed by atoms with van der Waals surface area (Å²) in [6.45, 7) is 2.31. The van der Waals surface area contributed by atoms with Crippen LogP contribution in [0.3, 0.4) is 0 Å². The Morgan fingerprint density at radius 1 is 1.24 bits per heavy atom. The molecule has 5 nitrogen and oxygen atoms in total. The molecule has 0 saturated carbocycles. The van der Waals surface area contributed by atoms with Crippen molar-refractivity contribution in [1.82, 2.24) is 14.9 Å². The molecule has 0 saturated heterocycles. The monoisotopic (exact) mass is 348 g/mol. The Labute approximate surface area is 150 Å². The van der Waals surface area contributed by atoms with Crippen LogP contribution in [0.15, 0.2) is 48.7 Å². The Bertz CT molecular complexity index is 926. The molecular weight excluding hydrogens is 332 g/mol. The van der Waals surface area contributed by atoms with E-state index < -0.39 is 0 Å². The molecule has 0 aliphatic carbocycles. The van der Waals surface area contributed by atoms with Gasteiger partial charge in [-0.2, -0.15) is 5.26 Å². The highest BCUT2D eigenvalue weighted by atomic mass is 32.1. The van der Waals surface area contributed by atoms with Crippen molar-refractivity contribution < 1.29 is 4.79 Å². The molecule has 124 valence electrons. The lowest BCUT2D eigenvalue weighted by molar-refractivity contribution is 0.0789. The van der Waals surface area contributed by atoms with Crippen LogP contribution in [0.5, 0.6) is 0 Å². The number of amides is 1. The van der Waals surface area contributed by atoms with Gasteiger partial charge < -0.3 is 4.90 Å². The minimum atomic E-state index is -0.0680. The van der Waals surface area contributed by atoms with E-state index in [1.807, 2.05) is 37.3 Å². The van der Waals surface area contributed by atoms with Crippen molar-refractivity contribution >= 4 is 17.2 Å². The fourth-order valence-electron chi connectivity index (χ4n) is 2.40. The maximum absolute atomic E-state index is 12.8. The number of benzene rings is 1. The normalized spacial score (nSPS) is 10.3. The molecule has 0 aliphatic rings. The average molecular weight is 348 g/mol. The highest BCUT2D eigenvalue weighted by molar-refractivity contribution is 7.17. The predicted molar refractivity (Wildman–Crippen MR) is 97.0 cm³/mol. The van der Waals surface area contributed by atoms with Gasteiger partial charge in [-0.3, -0.25) is 9.78 Å². The summed E-state index contributed by atoms with van der Waals surface area (Å²) in [5, 5.41) is 9.59. The number of aryl methyl sites for hydroxylation is 1. The van der Waals surface area contributed by atoms with Gasteiger partial charge in [0.1, 0.15) is 9.88 Å². The molecule has 2 aromatic heterocycles. The van der Waals surface area contributed by atoms with Crippen LogP contribution in [0.4, 0.5) is 0 Å². The van der Waals surface area contributed by atoms with Gasteiger partial charge in [0.2, 0.25) is 0 Å². The van der Waals surface area contributed by atoms with Crippen molar-refractivity contribution in [2.75, 3.05) is 7.05 Å². The topological polar surface area (TPSA) is 69.9 Å². The number of thiazole rings is 1. The summed E-state index contributed by atoms with van der Waals surface area (Å²) in [5.74, 6) is -0.0680. The first-order valence-electron chi connectivity index (χ1n) is 7.72. The number of pyridine rings is 1. The van der Waals surface area contributed by atoms with E-state index in [1.54, 1.807) is 30.3 Å². The summed E-state index contributed by atoms with van der Waals surface area (Å²) in [6.07, 6.45) is 1.71. The smallest absolute Gasteiger partial charge is 0.265 e. The summed E-state index contributed by atoms with van der Waals surface area (Å²) in [7, 11) is 1.76. The Kier molecular flexibility index (Phi) is 4.87. The van der Waals surface area contributed by atoms with Crippen molar-refractivity contribution in [2.24, 2.45) is 0 Å². The largest absolute Gasteiger partial charge is 0.337 e. The molecule has 25 heavy (non-hydrogen) atoms. The van der Waals surface area contributed by atoms with Crippen LogP contribution in [-0.4, -0.2) is 27.8 Å². The van der Waals surface area contributed by atoms with Gasteiger partial charge in [0.05, 0.1) is 23.0 Å². The average Bonchev–Trinajstić information content (AvgIpc) is 3.04. The van der Waals surface area contributed by atoms with E-state index in [2.05, 4.69) is 16.0 Å². The molecule has 0 fully saturated rings. The Balaban J connectivity index is 1.78. The lowest BCUT2D eigenvalue weighted by atomic mass is 10.1. The molecule has 3 aromatic rings. The van der Waals surface area contributed by atoms with Gasteiger partial charge in [0, 0.05) is 19.8 Å². The van der Waals surface area contributed by atoms with Gasteiger partial charge in [0.15, 0.2) is 0 Å². The molecule has 0 spiro atoms. The number of hydrogen-bond donors (Lipinski definition) is 0. The summed E-state index contributed by atoms with van der Waals surface area (Å²) < 4.78 is 0. The number of nitrogens with zero attached hydrogens (tertiary/aromatic N) is 4. The Morgan fingerprint density at radius 2 is 2.00 bits per heavy atom. The summed E-state index contributed by atoms with van der Waals surface area (Å²) >= 11 is 1.36. The fraction of sp³-hybridized carbons (Fsp3) is 0.158. The van der Waals surface area contributed by atoms with Crippen LogP contribution < -0.4 is 0 Å². The second kappa shape index (κ2) is 7.24. The fourth-order valence-corrected chi connectivity index (χ4v) is 3.44. The first-order valence-corrected chi connectivity index (χ1v) is 8.53. The molecule has 3 rings (SSSR count). The molecule has 1 aromatic carbocycles. The van der Waals surface area contributed by atoms with Crippen LogP contribution in [0.25, 0.3) is 10.7 Å². The quantitative estimate of drug-likeness (QED) is 0.721. The van der Waals surface area contributed by atoms with E-state index in [9.17, 15) is 4.79 Å². The number of nitriles is 1. The highest BCUT2D eigenvalue weighted by Crippen LogP contribution is 2.27. The van der Waals surface area contributed by atoms with Crippen molar-refractivity contribution in [3.8, 4) is 16.8 Å². The van der Waals surface area contributed by atoms with Crippen molar-refractivity contribution in [3.63, 3.8) is 0 Å².